The Bertz CT molecular complexity index is 259. The summed E-state index contributed by atoms with van der Waals surface area (Å²) in [6, 6.07) is 1.65. The van der Waals surface area contributed by atoms with E-state index in [1.54, 1.807) is 12.3 Å². The van der Waals surface area contributed by atoms with E-state index in [-0.39, 0.29) is 0 Å². The van der Waals surface area contributed by atoms with Gasteiger partial charge in [0.05, 0.1) is 0 Å². The Hall–Kier alpha value is -1.58. The van der Waals surface area contributed by atoms with Crippen LogP contribution in [0.4, 0.5) is 11.8 Å². The van der Waals surface area contributed by atoms with Gasteiger partial charge < -0.3 is 11.1 Å². The fourth-order valence-corrected chi connectivity index (χ4v) is 0.744. The molecule has 0 spiro atoms. The molecule has 0 aliphatic carbocycles. The molecule has 0 aliphatic rings. The molecule has 1 heterocycles. The Morgan fingerprint density at radius 2 is 2.50 bits per heavy atom. The molecule has 64 valence electrons. The van der Waals surface area contributed by atoms with Crippen LogP contribution in [0.2, 0.25) is 0 Å². The van der Waals surface area contributed by atoms with Gasteiger partial charge in [0.15, 0.2) is 0 Å². The standard InChI is InChI=1S/C8H12N4/c1-2-3-5-10-8-11-6-4-7(9)12-8/h2,4,6H,1,3,5H2,(H3,9,10,11,12). The van der Waals surface area contributed by atoms with Crippen LogP contribution in [0.3, 0.4) is 0 Å². The van der Waals surface area contributed by atoms with Crippen LogP contribution in [0.1, 0.15) is 6.42 Å². The summed E-state index contributed by atoms with van der Waals surface area (Å²) in [5.41, 5.74) is 5.45. The van der Waals surface area contributed by atoms with Crippen LogP contribution in [-0.4, -0.2) is 16.5 Å². The summed E-state index contributed by atoms with van der Waals surface area (Å²) in [5, 5.41) is 3.01. The van der Waals surface area contributed by atoms with Crippen LogP contribution in [0.15, 0.2) is 24.9 Å². The number of hydrogen-bond donors (Lipinski definition) is 2. The molecule has 0 unspecified atom stereocenters. The smallest absolute Gasteiger partial charge is 0.224 e. The van der Waals surface area contributed by atoms with Crippen molar-refractivity contribution in [3.05, 3.63) is 24.9 Å². The molecule has 3 N–H and O–H groups in total. The predicted molar refractivity (Wildman–Crippen MR) is 49.7 cm³/mol. The minimum Gasteiger partial charge on any atom is -0.384 e. The van der Waals surface area contributed by atoms with Crippen molar-refractivity contribution >= 4 is 11.8 Å². The van der Waals surface area contributed by atoms with Gasteiger partial charge in [-0.1, -0.05) is 6.08 Å². The van der Waals surface area contributed by atoms with Gasteiger partial charge in [0.25, 0.3) is 0 Å². The third kappa shape index (κ3) is 2.57. The number of nitrogens with one attached hydrogen (secondary N) is 1. The van der Waals surface area contributed by atoms with E-state index < -0.39 is 0 Å². The summed E-state index contributed by atoms with van der Waals surface area (Å²) in [4.78, 5) is 7.94. The highest BCUT2D eigenvalue weighted by Crippen LogP contribution is 2.00. The Morgan fingerprint density at radius 1 is 1.67 bits per heavy atom. The third-order valence-electron chi connectivity index (χ3n) is 1.31. The lowest BCUT2D eigenvalue weighted by molar-refractivity contribution is 1.02. The van der Waals surface area contributed by atoms with Crippen molar-refractivity contribution in [2.75, 3.05) is 17.6 Å². The van der Waals surface area contributed by atoms with E-state index in [0.29, 0.717) is 11.8 Å². The molecule has 0 atom stereocenters. The van der Waals surface area contributed by atoms with E-state index in [9.17, 15) is 0 Å². The van der Waals surface area contributed by atoms with E-state index in [1.807, 2.05) is 6.08 Å². The van der Waals surface area contributed by atoms with E-state index >= 15 is 0 Å². The topological polar surface area (TPSA) is 63.8 Å². The molecule has 0 aromatic carbocycles. The van der Waals surface area contributed by atoms with Gasteiger partial charge in [0.2, 0.25) is 5.95 Å². The Labute approximate surface area is 71.5 Å². The monoisotopic (exact) mass is 164 g/mol. The minimum atomic E-state index is 0.478. The lowest BCUT2D eigenvalue weighted by Gasteiger charge is -2.01. The zero-order chi connectivity index (χ0) is 8.81. The minimum absolute atomic E-state index is 0.478. The quantitative estimate of drug-likeness (QED) is 0.515. The molecule has 1 aromatic heterocycles. The highest BCUT2D eigenvalue weighted by Gasteiger charge is 1.92. The molecular formula is C8H12N4. The molecule has 0 bridgehead atoms. The van der Waals surface area contributed by atoms with Crippen LogP contribution in [0.25, 0.3) is 0 Å². The van der Waals surface area contributed by atoms with Gasteiger partial charge in [-0.25, -0.2) is 4.98 Å². The van der Waals surface area contributed by atoms with E-state index in [0.717, 1.165) is 13.0 Å². The van der Waals surface area contributed by atoms with Gasteiger partial charge in [-0.15, -0.1) is 6.58 Å². The van der Waals surface area contributed by atoms with Crippen molar-refractivity contribution < 1.29 is 0 Å². The third-order valence-corrected chi connectivity index (χ3v) is 1.31. The normalized spacial score (nSPS) is 9.33. The zero-order valence-corrected chi connectivity index (χ0v) is 6.83. The first-order valence-electron chi connectivity index (χ1n) is 3.76. The molecule has 12 heavy (non-hydrogen) atoms. The molecule has 0 radical (unpaired) electrons. The summed E-state index contributed by atoms with van der Waals surface area (Å²) >= 11 is 0. The number of nitrogens with two attached hydrogens (primary N) is 1. The van der Waals surface area contributed by atoms with Crippen LogP contribution in [0, 0.1) is 0 Å². The van der Waals surface area contributed by atoms with Crippen LogP contribution < -0.4 is 11.1 Å². The van der Waals surface area contributed by atoms with Crippen molar-refractivity contribution in [2.24, 2.45) is 0 Å². The number of aromatic nitrogens is 2. The molecule has 0 aliphatic heterocycles. The van der Waals surface area contributed by atoms with Gasteiger partial charge in [-0.2, -0.15) is 4.98 Å². The van der Waals surface area contributed by atoms with Crippen LogP contribution >= 0.6 is 0 Å². The first-order chi connectivity index (χ1) is 5.83. The fourth-order valence-electron chi connectivity index (χ4n) is 0.744. The van der Waals surface area contributed by atoms with Crippen molar-refractivity contribution in [2.45, 2.75) is 6.42 Å². The predicted octanol–water partition coefficient (Wildman–Crippen LogP) is 1.05. The van der Waals surface area contributed by atoms with Gasteiger partial charge in [-0.05, 0) is 12.5 Å². The second-order valence-corrected chi connectivity index (χ2v) is 2.31. The number of nitrogens with zero attached hydrogens (tertiary/aromatic N) is 2. The number of rotatable bonds is 4. The summed E-state index contributed by atoms with van der Waals surface area (Å²) in [6.07, 6.45) is 4.34. The van der Waals surface area contributed by atoms with Crippen LogP contribution in [-0.2, 0) is 0 Å². The highest BCUT2D eigenvalue weighted by atomic mass is 15.1. The molecule has 0 fully saturated rings. The van der Waals surface area contributed by atoms with Gasteiger partial charge in [0.1, 0.15) is 5.82 Å². The first-order valence-corrected chi connectivity index (χ1v) is 3.76. The Balaban J connectivity index is 2.46. The SMILES string of the molecule is C=CCCNc1nccc(N)n1. The van der Waals surface area contributed by atoms with E-state index in [1.165, 1.54) is 0 Å². The van der Waals surface area contributed by atoms with Crippen molar-refractivity contribution in [3.8, 4) is 0 Å². The number of nitrogen functional groups attached to an aromatic ring is 1. The lowest BCUT2D eigenvalue weighted by atomic mass is 10.4. The second-order valence-electron chi connectivity index (χ2n) is 2.31. The maximum atomic E-state index is 5.45. The maximum Gasteiger partial charge on any atom is 0.224 e. The van der Waals surface area contributed by atoms with E-state index in [4.69, 9.17) is 5.73 Å². The van der Waals surface area contributed by atoms with Crippen molar-refractivity contribution in [3.63, 3.8) is 0 Å². The summed E-state index contributed by atoms with van der Waals surface area (Å²) < 4.78 is 0. The zero-order valence-electron chi connectivity index (χ0n) is 6.83. The average Bonchev–Trinajstić information content (AvgIpc) is 2.05. The Morgan fingerprint density at radius 3 is 3.17 bits per heavy atom. The Kier molecular flexibility index (Phi) is 3.07. The summed E-state index contributed by atoms with van der Waals surface area (Å²) in [7, 11) is 0. The average molecular weight is 164 g/mol. The molecular weight excluding hydrogens is 152 g/mol. The summed E-state index contributed by atoms with van der Waals surface area (Å²) in [6.45, 7) is 4.39. The highest BCUT2D eigenvalue weighted by molar-refractivity contribution is 5.34. The largest absolute Gasteiger partial charge is 0.384 e. The molecule has 4 heteroatoms. The molecule has 0 amide bonds. The van der Waals surface area contributed by atoms with Gasteiger partial charge in [0, 0.05) is 12.7 Å². The molecule has 0 saturated carbocycles. The van der Waals surface area contributed by atoms with Gasteiger partial charge >= 0.3 is 0 Å². The molecule has 4 nitrogen and oxygen atoms in total. The van der Waals surface area contributed by atoms with Crippen molar-refractivity contribution in [1.29, 1.82) is 0 Å². The lowest BCUT2D eigenvalue weighted by Crippen LogP contribution is -2.05. The second kappa shape index (κ2) is 4.33. The summed E-state index contributed by atoms with van der Waals surface area (Å²) in [5.74, 6) is 1.04. The van der Waals surface area contributed by atoms with Gasteiger partial charge in [-0.3, -0.25) is 0 Å². The first kappa shape index (κ1) is 8.52. The van der Waals surface area contributed by atoms with E-state index in [2.05, 4.69) is 21.9 Å². The maximum absolute atomic E-state index is 5.45. The number of anilines is 2. The molecule has 1 rings (SSSR count). The fraction of sp³-hybridized carbons (Fsp3) is 0.250. The van der Waals surface area contributed by atoms with Crippen LogP contribution in [0.5, 0.6) is 0 Å². The molecule has 0 saturated heterocycles. The number of hydrogen-bond acceptors (Lipinski definition) is 4. The van der Waals surface area contributed by atoms with Crippen molar-refractivity contribution in [1.82, 2.24) is 9.97 Å². The molecule has 1 aromatic rings.